The lowest BCUT2D eigenvalue weighted by molar-refractivity contribution is -0.660. The largest absolute Gasteiger partial charge is 0.290 e. The molecule has 3 heteroatoms. The standard InChI is InChI=1S/C22H20N3/c1-14-8-9-17(15(2)10-14)20-11-16-12-22-23-18-6-4-5-7-19(18)25(22)21(16)13-24(20)3/h4-11,13H,12H2,1-3H3/q+1. The molecule has 0 saturated heterocycles. The summed E-state index contributed by atoms with van der Waals surface area (Å²) < 4.78 is 4.54. The Morgan fingerprint density at radius 3 is 2.72 bits per heavy atom. The second-order valence-electron chi connectivity index (χ2n) is 7.03. The maximum atomic E-state index is 4.82. The number of benzene rings is 2. The van der Waals surface area contributed by atoms with Crippen LogP contribution in [0.25, 0.3) is 28.0 Å². The molecule has 2 aromatic carbocycles. The minimum atomic E-state index is 0.892. The van der Waals surface area contributed by atoms with Gasteiger partial charge in [0.2, 0.25) is 5.69 Å². The smallest absolute Gasteiger partial charge is 0.212 e. The van der Waals surface area contributed by atoms with Crippen molar-refractivity contribution in [2.75, 3.05) is 0 Å². The van der Waals surface area contributed by atoms with Crippen LogP contribution in [-0.4, -0.2) is 9.55 Å². The van der Waals surface area contributed by atoms with Gasteiger partial charge in [0.15, 0.2) is 6.20 Å². The number of hydrogen-bond donors (Lipinski definition) is 0. The predicted octanol–water partition coefficient (Wildman–Crippen LogP) is 4.04. The molecule has 0 spiro atoms. The van der Waals surface area contributed by atoms with Gasteiger partial charge in [0.25, 0.3) is 0 Å². The van der Waals surface area contributed by atoms with Crippen LogP contribution in [0.3, 0.4) is 0 Å². The second-order valence-corrected chi connectivity index (χ2v) is 7.03. The SMILES string of the molecule is Cc1ccc(-c2cc3c(c[n+]2C)-n2c(nc4ccccc42)C3)c(C)c1. The fourth-order valence-electron chi connectivity index (χ4n) is 4.02. The van der Waals surface area contributed by atoms with Crippen LogP contribution in [0.5, 0.6) is 0 Å². The zero-order valence-electron chi connectivity index (χ0n) is 14.7. The number of nitrogens with zero attached hydrogens (tertiary/aromatic N) is 3. The van der Waals surface area contributed by atoms with E-state index in [-0.39, 0.29) is 0 Å². The Morgan fingerprint density at radius 2 is 1.88 bits per heavy atom. The molecule has 0 aliphatic carbocycles. The Hall–Kier alpha value is -2.94. The van der Waals surface area contributed by atoms with Gasteiger partial charge in [-0.25, -0.2) is 4.98 Å². The molecule has 1 aliphatic rings. The molecular weight excluding hydrogens is 306 g/mol. The number of fused-ring (bicyclic) bond motifs is 5. The van der Waals surface area contributed by atoms with Gasteiger partial charge in [-0.1, -0.05) is 29.8 Å². The highest BCUT2D eigenvalue weighted by Crippen LogP contribution is 2.33. The van der Waals surface area contributed by atoms with E-state index in [2.05, 4.69) is 84.8 Å². The lowest BCUT2D eigenvalue weighted by Gasteiger charge is -2.08. The fraction of sp³-hybridized carbons (Fsp3) is 0.182. The minimum absolute atomic E-state index is 0.892. The van der Waals surface area contributed by atoms with Gasteiger partial charge in [0, 0.05) is 18.1 Å². The van der Waals surface area contributed by atoms with Crippen molar-refractivity contribution in [1.29, 1.82) is 0 Å². The highest BCUT2D eigenvalue weighted by atomic mass is 15.1. The summed E-state index contributed by atoms with van der Waals surface area (Å²) in [5.74, 6) is 1.13. The summed E-state index contributed by atoms with van der Waals surface area (Å²) in [4.78, 5) is 4.82. The molecule has 0 atom stereocenters. The van der Waals surface area contributed by atoms with Crippen molar-refractivity contribution in [2.45, 2.75) is 20.3 Å². The van der Waals surface area contributed by atoms with E-state index >= 15 is 0 Å². The van der Waals surface area contributed by atoms with Crippen molar-refractivity contribution in [3.05, 3.63) is 77.2 Å². The number of pyridine rings is 1. The van der Waals surface area contributed by atoms with E-state index < -0.39 is 0 Å². The van der Waals surface area contributed by atoms with Crippen LogP contribution in [0.1, 0.15) is 22.5 Å². The number of para-hydroxylation sites is 2. The molecule has 3 nitrogen and oxygen atoms in total. The number of rotatable bonds is 1. The summed E-state index contributed by atoms with van der Waals surface area (Å²) in [5.41, 5.74) is 10.0. The molecule has 122 valence electrons. The van der Waals surface area contributed by atoms with E-state index in [0.717, 1.165) is 17.8 Å². The monoisotopic (exact) mass is 326 g/mol. The maximum absolute atomic E-state index is 4.82. The van der Waals surface area contributed by atoms with Crippen LogP contribution in [0, 0.1) is 13.8 Å². The lowest BCUT2D eigenvalue weighted by atomic mass is 10.0. The van der Waals surface area contributed by atoms with Crippen LogP contribution in [0.4, 0.5) is 0 Å². The van der Waals surface area contributed by atoms with Crippen LogP contribution >= 0.6 is 0 Å². The molecular formula is C22H20N3+. The molecule has 0 radical (unpaired) electrons. The number of hydrogen-bond acceptors (Lipinski definition) is 1. The Morgan fingerprint density at radius 1 is 1.04 bits per heavy atom. The van der Waals surface area contributed by atoms with Crippen molar-refractivity contribution < 1.29 is 4.57 Å². The Bertz CT molecular complexity index is 1150. The zero-order chi connectivity index (χ0) is 17.1. The summed E-state index contributed by atoms with van der Waals surface area (Å²) in [7, 11) is 2.13. The molecule has 5 rings (SSSR count). The molecule has 0 unspecified atom stereocenters. The number of aromatic nitrogens is 3. The topological polar surface area (TPSA) is 21.7 Å². The minimum Gasteiger partial charge on any atom is -0.290 e. The Labute approximate surface area is 147 Å². The van der Waals surface area contributed by atoms with Gasteiger partial charge in [-0.05, 0) is 43.2 Å². The van der Waals surface area contributed by atoms with Gasteiger partial charge in [0.05, 0.1) is 11.0 Å². The Kier molecular flexibility index (Phi) is 2.90. The summed E-state index contributed by atoms with van der Waals surface area (Å²) in [6.45, 7) is 4.33. The van der Waals surface area contributed by atoms with Gasteiger partial charge in [0.1, 0.15) is 18.6 Å². The molecule has 0 amide bonds. The van der Waals surface area contributed by atoms with Crippen LogP contribution in [-0.2, 0) is 13.5 Å². The van der Waals surface area contributed by atoms with E-state index in [9.17, 15) is 0 Å². The average molecular weight is 326 g/mol. The van der Waals surface area contributed by atoms with Gasteiger partial charge >= 0.3 is 0 Å². The van der Waals surface area contributed by atoms with Gasteiger partial charge in [-0.2, -0.15) is 4.57 Å². The zero-order valence-corrected chi connectivity index (χ0v) is 14.7. The fourth-order valence-corrected chi connectivity index (χ4v) is 4.02. The third-order valence-corrected chi connectivity index (χ3v) is 5.21. The summed E-state index contributed by atoms with van der Waals surface area (Å²) in [6.07, 6.45) is 3.14. The van der Waals surface area contributed by atoms with Crippen molar-refractivity contribution in [1.82, 2.24) is 9.55 Å². The number of aryl methyl sites for hydroxylation is 3. The highest BCUT2D eigenvalue weighted by Gasteiger charge is 2.27. The van der Waals surface area contributed by atoms with Crippen LogP contribution in [0.15, 0.2) is 54.7 Å². The normalized spacial score (nSPS) is 12.4. The molecule has 25 heavy (non-hydrogen) atoms. The van der Waals surface area contributed by atoms with E-state index in [1.54, 1.807) is 0 Å². The van der Waals surface area contributed by atoms with E-state index in [1.807, 2.05) is 0 Å². The Balaban J connectivity index is 1.72. The van der Waals surface area contributed by atoms with Gasteiger partial charge in [-0.3, -0.25) is 4.57 Å². The molecule has 1 aliphatic heterocycles. The molecule has 0 bridgehead atoms. The average Bonchev–Trinajstić information content (AvgIpc) is 3.10. The molecule has 0 fully saturated rings. The molecule has 0 saturated carbocycles. The first kappa shape index (κ1) is 14.4. The molecule has 4 aromatic rings. The quantitative estimate of drug-likeness (QED) is 0.426. The third-order valence-electron chi connectivity index (χ3n) is 5.21. The van der Waals surface area contributed by atoms with Crippen molar-refractivity contribution in [3.63, 3.8) is 0 Å². The first-order chi connectivity index (χ1) is 12.1. The van der Waals surface area contributed by atoms with E-state index in [1.165, 1.54) is 39.2 Å². The predicted molar refractivity (Wildman–Crippen MR) is 100.0 cm³/mol. The van der Waals surface area contributed by atoms with E-state index in [0.29, 0.717) is 0 Å². The summed E-state index contributed by atoms with van der Waals surface area (Å²) in [5, 5.41) is 0. The van der Waals surface area contributed by atoms with E-state index in [4.69, 9.17) is 4.98 Å². The van der Waals surface area contributed by atoms with Crippen molar-refractivity contribution >= 4 is 11.0 Å². The molecule has 0 N–H and O–H groups in total. The van der Waals surface area contributed by atoms with Crippen molar-refractivity contribution in [3.8, 4) is 16.9 Å². The lowest BCUT2D eigenvalue weighted by Crippen LogP contribution is -2.31. The summed E-state index contributed by atoms with van der Waals surface area (Å²) >= 11 is 0. The van der Waals surface area contributed by atoms with Gasteiger partial charge < -0.3 is 0 Å². The third kappa shape index (κ3) is 2.05. The van der Waals surface area contributed by atoms with Crippen LogP contribution < -0.4 is 4.57 Å². The second kappa shape index (κ2) is 5.03. The molecule has 2 aromatic heterocycles. The first-order valence-corrected chi connectivity index (χ1v) is 8.69. The van der Waals surface area contributed by atoms with Crippen molar-refractivity contribution in [2.24, 2.45) is 7.05 Å². The van der Waals surface area contributed by atoms with Crippen LogP contribution in [0.2, 0.25) is 0 Å². The van der Waals surface area contributed by atoms with Gasteiger partial charge in [-0.15, -0.1) is 0 Å². The highest BCUT2D eigenvalue weighted by molar-refractivity contribution is 5.80. The first-order valence-electron chi connectivity index (χ1n) is 8.69. The summed E-state index contributed by atoms with van der Waals surface area (Å²) in [6, 6.07) is 17.4. The number of imidazole rings is 1. The molecule has 3 heterocycles. The maximum Gasteiger partial charge on any atom is 0.212 e.